The summed E-state index contributed by atoms with van der Waals surface area (Å²) in [5.74, 6) is -1.06. The summed E-state index contributed by atoms with van der Waals surface area (Å²) in [4.78, 5) is 16.5. The molecule has 0 spiro atoms. The highest BCUT2D eigenvalue weighted by Crippen LogP contribution is 2.34. The van der Waals surface area contributed by atoms with Gasteiger partial charge in [0.25, 0.3) is 0 Å². The highest BCUT2D eigenvalue weighted by Gasteiger charge is 2.13. The van der Waals surface area contributed by atoms with Crippen molar-refractivity contribution in [2.24, 2.45) is 0 Å². The Kier molecular flexibility index (Phi) is 4.65. The first-order chi connectivity index (χ1) is 9.54. The number of carboxylic acid groups (broad SMARTS) is 1. The Bertz CT molecular complexity index is 652. The molecule has 0 saturated heterocycles. The average molecular weight is 288 g/mol. The van der Waals surface area contributed by atoms with E-state index in [1.54, 1.807) is 0 Å². The minimum absolute atomic E-state index is 0.0246. The second kappa shape index (κ2) is 6.27. The number of aromatic nitrogens is 1. The lowest BCUT2D eigenvalue weighted by molar-refractivity contribution is -0.301. The molecule has 1 aromatic carbocycles. The van der Waals surface area contributed by atoms with Gasteiger partial charge in [-0.1, -0.05) is 31.5 Å². The van der Waals surface area contributed by atoms with E-state index in [1.165, 1.54) is 11.8 Å². The highest BCUT2D eigenvalue weighted by atomic mass is 32.2. The lowest BCUT2D eigenvalue weighted by Gasteiger charge is -2.16. The Morgan fingerprint density at radius 1 is 1.35 bits per heavy atom. The number of carboxylic acids is 1. The standard InChI is InChI=1S/C16H19NO2S/c1-4-6-12-11(3)17-15-10(2)7-5-8-13(15)16(12)20-9-14(18)19/h5,7-8H,4,6,9H2,1-3H3,(H,18,19)/p-1. The van der Waals surface area contributed by atoms with Crippen molar-refractivity contribution in [3.8, 4) is 0 Å². The molecule has 0 saturated carbocycles. The van der Waals surface area contributed by atoms with Crippen LogP contribution in [0.3, 0.4) is 0 Å². The van der Waals surface area contributed by atoms with Crippen LogP contribution in [0.5, 0.6) is 0 Å². The number of fused-ring (bicyclic) bond motifs is 1. The number of hydrogen-bond donors (Lipinski definition) is 0. The molecule has 0 aliphatic heterocycles. The number of hydrogen-bond acceptors (Lipinski definition) is 4. The van der Waals surface area contributed by atoms with E-state index in [1.807, 2.05) is 32.0 Å². The number of thioether (sulfide) groups is 1. The van der Waals surface area contributed by atoms with Crippen LogP contribution in [-0.2, 0) is 11.2 Å². The maximum atomic E-state index is 10.8. The number of carbonyl (C=O) groups excluding carboxylic acids is 1. The first-order valence-corrected chi connectivity index (χ1v) is 7.74. The molecule has 0 unspecified atom stereocenters. The summed E-state index contributed by atoms with van der Waals surface area (Å²) in [5, 5.41) is 11.8. The van der Waals surface area contributed by atoms with Crippen LogP contribution < -0.4 is 5.11 Å². The van der Waals surface area contributed by atoms with Crippen molar-refractivity contribution in [2.75, 3.05) is 5.75 Å². The lowest BCUT2D eigenvalue weighted by atomic mass is 10.0. The topological polar surface area (TPSA) is 53.0 Å². The first kappa shape index (κ1) is 14.9. The molecule has 2 rings (SSSR count). The van der Waals surface area contributed by atoms with E-state index in [4.69, 9.17) is 4.98 Å². The Hall–Kier alpha value is -1.55. The van der Waals surface area contributed by atoms with E-state index in [0.29, 0.717) is 0 Å². The van der Waals surface area contributed by atoms with Crippen molar-refractivity contribution < 1.29 is 9.90 Å². The van der Waals surface area contributed by atoms with Crippen LogP contribution in [0.2, 0.25) is 0 Å². The summed E-state index contributed by atoms with van der Waals surface area (Å²) in [6, 6.07) is 6.04. The van der Waals surface area contributed by atoms with E-state index < -0.39 is 5.97 Å². The molecular formula is C16H18NO2S-. The van der Waals surface area contributed by atoms with Gasteiger partial charge in [-0.15, -0.1) is 11.8 Å². The van der Waals surface area contributed by atoms with Gasteiger partial charge >= 0.3 is 0 Å². The molecule has 0 N–H and O–H groups in total. The summed E-state index contributed by atoms with van der Waals surface area (Å²) in [6.07, 6.45) is 1.93. The van der Waals surface area contributed by atoms with E-state index in [2.05, 4.69) is 6.92 Å². The number of rotatable bonds is 5. The summed E-state index contributed by atoms with van der Waals surface area (Å²) in [7, 11) is 0. The van der Waals surface area contributed by atoms with Crippen molar-refractivity contribution in [3.05, 3.63) is 35.0 Å². The molecule has 1 aromatic heterocycles. The van der Waals surface area contributed by atoms with Crippen LogP contribution in [0.1, 0.15) is 30.2 Å². The third kappa shape index (κ3) is 2.96. The Morgan fingerprint density at radius 3 is 2.75 bits per heavy atom. The zero-order valence-electron chi connectivity index (χ0n) is 12.0. The minimum atomic E-state index is -1.03. The van der Waals surface area contributed by atoms with Crippen molar-refractivity contribution >= 4 is 28.6 Å². The highest BCUT2D eigenvalue weighted by molar-refractivity contribution is 8.00. The van der Waals surface area contributed by atoms with Crippen molar-refractivity contribution in [3.63, 3.8) is 0 Å². The third-order valence-corrected chi connectivity index (χ3v) is 4.44. The molecule has 3 nitrogen and oxygen atoms in total. The summed E-state index contributed by atoms with van der Waals surface area (Å²) < 4.78 is 0. The van der Waals surface area contributed by atoms with Crippen LogP contribution in [0.15, 0.2) is 23.1 Å². The van der Waals surface area contributed by atoms with Gasteiger partial charge in [0.2, 0.25) is 0 Å². The zero-order chi connectivity index (χ0) is 14.7. The number of para-hydroxylation sites is 1. The zero-order valence-corrected chi connectivity index (χ0v) is 12.8. The predicted octanol–water partition coefficient (Wildman–Crippen LogP) is 2.65. The second-order valence-electron chi connectivity index (χ2n) is 4.89. The van der Waals surface area contributed by atoms with Crippen molar-refractivity contribution in [2.45, 2.75) is 38.5 Å². The summed E-state index contributed by atoms with van der Waals surface area (Å²) in [6.45, 7) is 6.15. The lowest BCUT2D eigenvalue weighted by Crippen LogP contribution is -2.24. The largest absolute Gasteiger partial charge is 0.549 e. The van der Waals surface area contributed by atoms with Crippen LogP contribution >= 0.6 is 11.8 Å². The maximum absolute atomic E-state index is 10.8. The first-order valence-electron chi connectivity index (χ1n) is 6.76. The molecule has 2 aromatic rings. The number of aliphatic carboxylic acids is 1. The van der Waals surface area contributed by atoms with Crippen LogP contribution in [0, 0.1) is 13.8 Å². The van der Waals surface area contributed by atoms with Gasteiger partial charge < -0.3 is 9.90 Å². The predicted molar refractivity (Wildman–Crippen MR) is 80.9 cm³/mol. The average Bonchev–Trinajstić information content (AvgIpc) is 2.40. The summed E-state index contributed by atoms with van der Waals surface area (Å²) >= 11 is 1.35. The van der Waals surface area contributed by atoms with Gasteiger partial charge in [0.1, 0.15) is 0 Å². The number of nitrogens with zero attached hydrogens (tertiary/aromatic N) is 1. The van der Waals surface area contributed by atoms with Crippen molar-refractivity contribution in [1.82, 2.24) is 4.98 Å². The fourth-order valence-corrected chi connectivity index (χ4v) is 3.40. The monoisotopic (exact) mass is 288 g/mol. The molecule has 20 heavy (non-hydrogen) atoms. The quantitative estimate of drug-likeness (QED) is 0.794. The molecule has 0 aliphatic carbocycles. The fraction of sp³-hybridized carbons (Fsp3) is 0.375. The van der Waals surface area contributed by atoms with Gasteiger partial charge in [0.15, 0.2) is 0 Å². The molecule has 0 amide bonds. The van der Waals surface area contributed by atoms with E-state index in [9.17, 15) is 9.90 Å². The second-order valence-corrected chi connectivity index (χ2v) is 5.87. The van der Waals surface area contributed by atoms with E-state index >= 15 is 0 Å². The molecule has 106 valence electrons. The summed E-state index contributed by atoms with van der Waals surface area (Å²) in [5.41, 5.74) is 4.24. The van der Waals surface area contributed by atoms with Gasteiger partial charge in [0, 0.05) is 21.7 Å². The number of carbonyl (C=O) groups is 1. The number of benzene rings is 1. The van der Waals surface area contributed by atoms with Crippen LogP contribution in [0.25, 0.3) is 10.9 Å². The number of pyridine rings is 1. The van der Waals surface area contributed by atoms with E-state index in [-0.39, 0.29) is 5.75 Å². The maximum Gasteiger partial charge on any atom is 0.0745 e. The van der Waals surface area contributed by atoms with Gasteiger partial charge in [-0.3, -0.25) is 4.98 Å². The molecular weight excluding hydrogens is 270 g/mol. The Morgan fingerprint density at radius 2 is 2.10 bits per heavy atom. The molecule has 0 atom stereocenters. The van der Waals surface area contributed by atoms with Crippen molar-refractivity contribution in [1.29, 1.82) is 0 Å². The molecule has 0 aliphatic rings. The van der Waals surface area contributed by atoms with Gasteiger partial charge in [-0.2, -0.15) is 0 Å². The molecule has 4 heteroatoms. The van der Waals surface area contributed by atoms with E-state index in [0.717, 1.165) is 45.5 Å². The third-order valence-electron chi connectivity index (χ3n) is 3.31. The molecule has 0 bridgehead atoms. The van der Waals surface area contributed by atoms with Crippen LogP contribution in [0.4, 0.5) is 0 Å². The SMILES string of the molecule is CCCc1c(C)nc2c(C)cccc2c1SCC(=O)[O-]. The molecule has 1 heterocycles. The van der Waals surface area contributed by atoms with Crippen LogP contribution in [-0.4, -0.2) is 16.7 Å². The minimum Gasteiger partial charge on any atom is -0.549 e. The smallest absolute Gasteiger partial charge is 0.0745 e. The number of aryl methyl sites for hydroxylation is 2. The molecule has 0 fully saturated rings. The van der Waals surface area contributed by atoms with Gasteiger partial charge in [0.05, 0.1) is 11.5 Å². The van der Waals surface area contributed by atoms with Gasteiger partial charge in [-0.25, -0.2) is 0 Å². The molecule has 0 radical (unpaired) electrons. The fourth-order valence-electron chi connectivity index (χ4n) is 2.39. The Labute approximate surface area is 123 Å². The van der Waals surface area contributed by atoms with Gasteiger partial charge in [-0.05, 0) is 31.4 Å². The Balaban J connectivity index is 2.65. The normalized spacial score (nSPS) is 10.9.